The van der Waals surface area contributed by atoms with Gasteiger partial charge in [0, 0.05) is 5.69 Å². The molecule has 0 spiro atoms. The number of anilines is 1. The number of aromatic nitrogens is 3. The van der Waals surface area contributed by atoms with Crippen LogP contribution in [0.5, 0.6) is 5.75 Å². The standard InChI is InChI=1S/C23H21N5O3S2/c1-31-18-11-9-17(10-12-18)24-22(30)25-20(29)15-33-23-27-26-21(19-8-5-13-32-19)28(23)14-16-6-3-2-4-7-16/h2-13H,14-15H2,1H3,(H2,24,25,29,30). The Hall–Kier alpha value is -3.63. The van der Waals surface area contributed by atoms with Crippen molar-refractivity contribution in [2.45, 2.75) is 11.7 Å². The molecule has 0 saturated heterocycles. The van der Waals surface area contributed by atoms with Gasteiger partial charge in [0.25, 0.3) is 0 Å². The van der Waals surface area contributed by atoms with Crippen LogP contribution in [-0.4, -0.2) is 39.6 Å². The number of ether oxygens (including phenoxy) is 1. The number of amides is 3. The number of hydrogen-bond acceptors (Lipinski definition) is 7. The van der Waals surface area contributed by atoms with Gasteiger partial charge in [-0.2, -0.15) is 0 Å². The van der Waals surface area contributed by atoms with Crippen molar-refractivity contribution in [3.63, 3.8) is 0 Å². The van der Waals surface area contributed by atoms with Crippen molar-refractivity contribution in [1.82, 2.24) is 20.1 Å². The molecule has 2 N–H and O–H groups in total. The summed E-state index contributed by atoms with van der Waals surface area (Å²) in [6, 6.07) is 20.2. The zero-order valence-corrected chi connectivity index (χ0v) is 19.4. The van der Waals surface area contributed by atoms with E-state index in [0.717, 1.165) is 16.3 Å². The highest BCUT2D eigenvalue weighted by Gasteiger charge is 2.17. The van der Waals surface area contributed by atoms with Gasteiger partial charge in [-0.1, -0.05) is 48.2 Å². The third-order valence-electron chi connectivity index (χ3n) is 4.58. The van der Waals surface area contributed by atoms with Gasteiger partial charge in [0.15, 0.2) is 11.0 Å². The van der Waals surface area contributed by atoms with E-state index >= 15 is 0 Å². The van der Waals surface area contributed by atoms with E-state index in [2.05, 4.69) is 20.8 Å². The lowest BCUT2D eigenvalue weighted by Gasteiger charge is -2.10. The number of nitrogens with one attached hydrogen (secondary N) is 2. The summed E-state index contributed by atoms with van der Waals surface area (Å²) in [5, 5.41) is 16.2. The number of urea groups is 1. The number of imide groups is 1. The predicted octanol–water partition coefficient (Wildman–Crippen LogP) is 4.50. The number of carbonyl (C=O) groups is 2. The van der Waals surface area contributed by atoms with Gasteiger partial charge in [-0.3, -0.25) is 14.7 Å². The lowest BCUT2D eigenvalue weighted by Crippen LogP contribution is -2.35. The van der Waals surface area contributed by atoms with Crippen LogP contribution in [0.1, 0.15) is 5.56 Å². The van der Waals surface area contributed by atoms with Gasteiger partial charge in [-0.25, -0.2) is 4.79 Å². The molecule has 0 aliphatic carbocycles. The smallest absolute Gasteiger partial charge is 0.325 e. The first-order valence-corrected chi connectivity index (χ1v) is 11.9. The molecular formula is C23H21N5O3S2. The third kappa shape index (κ3) is 5.99. The Morgan fingerprint density at radius 2 is 1.82 bits per heavy atom. The van der Waals surface area contributed by atoms with E-state index in [0.29, 0.717) is 23.1 Å². The lowest BCUT2D eigenvalue weighted by atomic mass is 10.2. The van der Waals surface area contributed by atoms with E-state index in [4.69, 9.17) is 4.74 Å². The molecule has 2 heterocycles. The maximum absolute atomic E-state index is 12.4. The first kappa shape index (κ1) is 22.6. The minimum Gasteiger partial charge on any atom is -0.497 e. The molecule has 4 aromatic rings. The van der Waals surface area contributed by atoms with E-state index in [1.807, 2.05) is 52.4 Å². The Bertz CT molecular complexity index is 1210. The summed E-state index contributed by atoms with van der Waals surface area (Å²) < 4.78 is 7.07. The number of methoxy groups -OCH3 is 1. The average molecular weight is 480 g/mol. The number of nitrogens with zero attached hydrogens (tertiary/aromatic N) is 3. The van der Waals surface area contributed by atoms with Crippen LogP contribution in [-0.2, 0) is 11.3 Å². The van der Waals surface area contributed by atoms with Crippen LogP contribution in [0.3, 0.4) is 0 Å². The fraction of sp³-hybridized carbons (Fsp3) is 0.130. The zero-order chi connectivity index (χ0) is 23.0. The highest BCUT2D eigenvalue weighted by Crippen LogP contribution is 2.28. The first-order chi connectivity index (χ1) is 16.1. The fourth-order valence-corrected chi connectivity index (χ4v) is 4.48. The highest BCUT2D eigenvalue weighted by molar-refractivity contribution is 7.99. The maximum atomic E-state index is 12.4. The average Bonchev–Trinajstić information content (AvgIpc) is 3.49. The molecule has 0 fully saturated rings. The van der Waals surface area contributed by atoms with Crippen molar-refractivity contribution in [2.24, 2.45) is 0 Å². The minimum atomic E-state index is -0.601. The number of thioether (sulfide) groups is 1. The van der Waals surface area contributed by atoms with Gasteiger partial charge in [0.2, 0.25) is 5.91 Å². The first-order valence-electron chi connectivity index (χ1n) is 10.0. The Balaban J connectivity index is 1.39. The fourth-order valence-electron chi connectivity index (χ4n) is 3.02. The maximum Gasteiger partial charge on any atom is 0.325 e. The monoisotopic (exact) mass is 479 g/mol. The quantitative estimate of drug-likeness (QED) is 0.361. The van der Waals surface area contributed by atoms with E-state index in [9.17, 15) is 9.59 Å². The van der Waals surface area contributed by atoms with Crippen LogP contribution in [0.25, 0.3) is 10.7 Å². The molecule has 0 aliphatic heterocycles. The van der Waals surface area contributed by atoms with Crippen molar-refractivity contribution in [1.29, 1.82) is 0 Å². The van der Waals surface area contributed by atoms with E-state index < -0.39 is 11.9 Å². The highest BCUT2D eigenvalue weighted by atomic mass is 32.2. The molecule has 33 heavy (non-hydrogen) atoms. The summed E-state index contributed by atoms with van der Waals surface area (Å²) in [4.78, 5) is 25.5. The van der Waals surface area contributed by atoms with Crippen LogP contribution < -0.4 is 15.4 Å². The van der Waals surface area contributed by atoms with Crippen molar-refractivity contribution in [3.05, 3.63) is 77.7 Å². The Morgan fingerprint density at radius 3 is 2.52 bits per heavy atom. The van der Waals surface area contributed by atoms with E-state index in [1.54, 1.807) is 42.7 Å². The third-order valence-corrected chi connectivity index (χ3v) is 6.41. The predicted molar refractivity (Wildman–Crippen MR) is 130 cm³/mol. The Morgan fingerprint density at radius 1 is 1.03 bits per heavy atom. The number of rotatable bonds is 8. The normalized spacial score (nSPS) is 10.6. The van der Waals surface area contributed by atoms with Crippen LogP contribution >= 0.6 is 23.1 Å². The van der Waals surface area contributed by atoms with Gasteiger partial charge < -0.3 is 10.1 Å². The minimum absolute atomic E-state index is 0.0212. The summed E-state index contributed by atoms with van der Waals surface area (Å²) in [7, 11) is 1.57. The van der Waals surface area contributed by atoms with Crippen molar-refractivity contribution >= 4 is 40.7 Å². The largest absolute Gasteiger partial charge is 0.497 e. The number of hydrogen-bond donors (Lipinski definition) is 2. The van der Waals surface area contributed by atoms with Crippen molar-refractivity contribution in [2.75, 3.05) is 18.2 Å². The lowest BCUT2D eigenvalue weighted by molar-refractivity contribution is -0.117. The van der Waals surface area contributed by atoms with Gasteiger partial charge in [0.05, 0.1) is 24.3 Å². The summed E-state index contributed by atoms with van der Waals surface area (Å²) >= 11 is 2.81. The molecule has 3 amide bonds. The molecule has 8 nitrogen and oxygen atoms in total. The second-order valence-electron chi connectivity index (χ2n) is 6.87. The zero-order valence-electron chi connectivity index (χ0n) is 17.7. The molecular weight excluding hydrogens is 458 g/mol. The van der Waals surface area contributed by atoms with Gasteiger partial charge >= 0.3 is 6.03 Å². The van der Waals surface area contributed by atoms with Gasteiger partial charge in [-0.05, 0) is 41.3 Å². The van der Waals surface area contributed by atoms with Crippen LogP contribution in [0.2, 0.25) is 0 Å². The molecule has 0 unspecified atom stereocenters. The van der Waals surface area contributed by atoms with Gasteiger partial charge in [-0.15, -0.1) is 21.5 Å². The van der Waals surface area contributed by atoms with Gasteiger partial charge in [0.1, 0.15) is 5.75 Å². The number of carbonyl (C=O) groups excluding carboxylic acids is 2. The Kier molecular flexibility index (Phi) is 7.38. The number of benzene rings is 2. The van der Waals surface area contributed by atoms with Crippen LogP contribution in [0, 0.1) is 0 Å². The molecule has 0 bridgehead atoms. The van der Waals surface area contributed by atoms with Crippen molar-refractivity contribution < 1.29 is 14.3 Å². The van der Waals surface area contributed by atoms with E-state index in [1.165, 1.54) is 11.8 Å². The number of thiophene rings is 1. The second kappa shape index (κ2) is 10.8. The SMILES string of the molecule is COc1ccc(NC(=O)NC(=O)CSc2nnc(-c3cccs3)n2Cc2ccccc2)cc1. The molecule has 0 atom stereocenters. The molecule has 168 valence electrons. The summed E-state index contributed by atoms with van der Waals surface area (Å²) in [6.45, 7) is 0.572. The molecule has 4 rings (SSSR count). The molecule has 0 saturated carbocycles. The van der Waals surface area contributed by atoms with Crippen LogP contribution in [0.4, 0.5) is 10.5 Å². The Labute approximate surface area is 199 Å². The summed E-state index contributed by atoms with van der Waals surface area (Å²) in [5.41, 5.74) is 1.65. The molecule has 2 aromatic heterocycles. The van der Waals surface area contributed by atoms with Crippen molar-refractivity contribution in [3.8, 4) is 16.5 Å². The molecule has 0 aliphatic rings. The topological polar surface area (TPSA) is 98.1 Å². The van der Waals surface area contributed by atoms with Crippen LogP contribution in [0.15, 0.2) is 77.3 Å². The molecule has 0 radical (unpaired) electrons. The summed E-state index contributed by atoms with van der Waals surface area (Å²) in [5.74, 6) is 1.01. The van der Waals surface area contributed by atoms with E-state index in [-0.39, 0.29) is 5.75 Å². The summed E-state index contributed by atoms with van der Waals surface area (Å²) in [6.07, 6.45) is 0. The molecule has 2 aromatic carbocycles. The second-order valence-corrected chi connectivity index (χ2v) is 8.76. The molecule has 10 heteroatoms.